The Morgan fingerprint density at radius 3 is 2.34 bits per heavy atom. The third-order valence-corrected chi connectivity index (χ3v) is 3.86. The lowest BCUT2D eigenvalue weighted by Gasteiger charge is -2.09. The van der Waals surface area contributed by atoms with Crippen LogP contribution in [0.25, 0.3) is 0 Å². The Kier molecular flexibility index (Phi) is 8.23. The van der Waals surface area contributed by atoms with Gasteiger partial charge in [0.15, 0.2) is 6.61 Å². The number of nitrogens with zero attached hydrogens (tertiary/aromatic N) is 1. The highest BCUT2D eigenvalue weighted by atomic mass is 35.5. The number of non-ortho nitro benzene ring substituents is 1. The summed E-state index contributed by atoms with van der Waals surface area (Å²) in [4.78, 5) is 33.7. The second kappa shape index (κ2) is 10.9. The Hall–Kier alpha value is -3.33. The maximum absolute atomic E-state index is 11.9. The van der Waals surface area contributed by atoms with E-state index in [4.69, 9.17) is 25.8 Å². The number of carbonyl (C=O) groups is 2. The van der Waals surface area contributed by atoms with Crippen molar-refractivity contribution in [3.8, 4) is 11.5 Å². The van der Waals surface area contributed by atoms with Crippen molar-refractivity contribution >= 4 is 29.2 Å². The van der Waals surface area contributed by atoms with Crippen LogP contribution in [0.2, 0.25) is 5.02 Å². The number of carbonyl (C=O) groups excluding carboxylic acids is 2. The number of nitrogens with one attached hydrogen (secondary N) is 1. The Bertz CT molecular complexity index is 871. The van der Waals surface area contributed by atoms with Crippen LogP contribution in [0, 0.1) is 10.1 Å². The molecule has 0 heterocycles. The largest absolute Gasteiger partial charge is 0.494 e. The van der Waals surface area contributed by atoms with Crippen LogP contribution >= 0.6 is 11.6 Å². The first-order valence-electron chi connectivity index (χ1n) is 8.64. The minimum Gasteiger partial charge on any atom is -0.494 e. The summed E-state index contributed by atoms with van der Waals surface area (Å²) in [6.45, 7) is 2.39. The molecule has 0 fully saturated rings. The maximum Gasteiger partial charge on any atom is 0.340 e. The van der Waals surface area contributed by atoms with Gasteiger partial charge in [0.1, 0.15) is 18.1 Å². The Morgan fingerprint density at radius 2 is 1.76 bits per heavy atom. The third kappa shape index (κ3) is 6.96. The molecule has 1 amide bonds. The summed E-state index contributed by atoms with van der Waals surface area (Å²) in [6.07, 6.45) is 0. The van der Waals surface area contributed by atoms with Gasteiger partial charge in [0, 0.05) is 12.1 Å². The fourth-order valence-corrected chi connectivity index (χ4v) is 2.45. The van der Waals surface area contributed by atoms with Crippen LogP contribution in [-0.4, -0.2) is 43.2 Å². The van der Waals surface area contributed by atoms with Gasteiger partial charge in [-0.05, 0) is 37.3 Å². The number of ether oxygens (including phenoxy) is 3. The van der Waals surface area contributed by atoms with Crippen molar-refractivity contribution in [3.63, 3.8) is 0 Å². The minimum absolute atomic E-state index is 0.0658. The van der Waals surface area contributed by atoms with Gasteiger partial charge in [0.05, 0.1) is 28.7 Å². The number of nitro benzene ring substituents is 1. The zero-order chi connectivity index (χ0) is 21.2. The number of benzene rings is 2. The second-order valence-corrected chi connectivity index (χ2v) is 6.01. The lowest BCUT2D eigenvalue weighted by molar-refractivity contribution is -0.384. The average molecular weight is 423 g/mol. The van der Waals surface area contributed by atoms with Crippen LogP contribution < -0.4 is 14.8 Å². The fourth-order valence-electron chi connectivity index (χ4n) is 2.20. The Morgan fingerprint density at radius 1 is 1.10 bits per heavy atom. The van der Waals surface area contributed by atoms with Gasteiger partial charge in [-0.15, -0.1) is 0 Å². The normalized spacial score (nSPS) is 10.1. The summed E-state index contributed by atoms with van der Waals surface area (Å²) in [5.74, 6) is -0.0117. The van der Waals surface area contributed by atoms with Crippen molar-refractivity contribution in [1.29, 1.82) is 0 Å². The first-order valence-corrected chi connectivity index (χ1v) is 9.02. The summed E-state index contributed by atoms with van der Waals surface area (Å²) in [6, 6.07) is 10.4. The van der Waals surface area contributed by atoms with Gasteiger partial charge >= 0.3 is 5.97 Å². The van der Waals surface area contributed by atoms with Crippen LogP contribution in [-0.2, 0) is 9.53 Å². The van der Waals surface area contributed by atoms with Crippen LogP contribution in [0.3, 0.4) is 0 Å². The third-order valence-electron chi connectivity index (χ3n) is 3.55. The minimum atomic E-state index is -0.856. The lowest BCUT2D eigenvalue weighted by Crippen LogP contribution is -2.32. The summed E-state index contributed by atoms with van der Waals surface area (Å²) < 4.78 is 15.7. The molecule has 9 nitrogen and oxygen atoms in total. The molecule has 154 valence electrons. The van der Waals surface area contributed by atoms with Gasteiger partial charge in [0.25, 0.3) is 11.6 Å². The van der Waals surface area contributed by atoms with E-state index >= 15 is 0 Å². The molecule has 0 spiro atoms. The summed E-state index contributed by atoms with van der Waals surface area (Å²) in [5.41, 5.74) is -0.319. The topological polar surface area (TPSA) is 117 Å². The molecule has 0 bridgehead atoms. The highest BCUT2D eigenvalue weighted by Crippen LogP contribution is 2.23. The van der Waals surface area contributed by atoms with Crippen LogP contribution in [0.5, 0.6) is 11.5 Å². The van der Waals surface area contributed by atoms with E-state index in [1.54, 1.807) is 24.3 Å². The summed E-state index contributed by atoms with van der Waals surface area (Å²) >= 11 is 5.84. The van der Waals surface area contributed by atoms with Gasteiger partial charge in [-0.1, -0.05) is 11.6 Å². The maximum atomic E-state index is 11.9. The number of hydrogen-bond donors (Lipinski definition) is 1. The highest BCUT2D eigenvalue weighted by Gasteiger charge is 2.17. The molecule has 29 heavy (non-hydrogen) atoms. The molecule has 0 atom stereocenters. The van der Waals surface area contributed by atoms with Gasteiger partial charge in [-0.3, -0.25) is 14.9 Å². The average Bonchev–Trinajstić information content (AvgIpc) is 2.70. The van der Waals surface area contributed by atoms with Crippen molar-refractivity contribution in [2.75, 3.05) is 26.4 Å². The number of rotatable bonds is 10. The highest BCUT2D eigenvalue weighted by molar-refractivity contribution is 6.33. The molecule has 2 aromatic rings. The van der Waals surface area contributed by atoms with Crippen molar-refractivity contribution in [2.24, 2.45) is 0 Å². The van der Waals surface area contributed by atoms with Gasteiger partial charge < -0.3 is 19.5 Å². The van der Waals surface area contributed by atoms with E-state index < -0.39 is 23.4 Å². The van der Waals surface area contributed by atoms with Gasteiger partial charge in [-0.25, -0.2) is 4.79 Å². The van der Waals surface area contributed by atoms with E-state index in [-0.39, 0.29) is 29.4 Å². The molecule has 10 heteroatoms. The molecule has 0 aliphatic rings. The monoisotopic (exact) mass is 422 g/mol. The Balaban J connectivity index is 1.70. The zero-order valence-electron chi connectivity index (χ0n) is 15.6. The molecular formula is C19H19ClN2O7. The van der Waals surface area contributed by atoms with Crippen LogP contribution in [0.4, 0.5) is 5.69 Å². The molecule has 0 unspecified atom stereocenters. The molecule has 2 rings (SSSR count). The van der Waals surface area contributed by atoms with E-state index in [1.165, 1.54) is 6.07 Å². The second-order valence-electron chi connectivity index (χ2n) is 5.60. The number of esters is 1. The predicted molar refractivity (Wildman–Crippen MR) is 105 cm³/mol. The molecule has 1 N–H and O–H groups in total. The fraction of sp³-hybridized carbons (Fsp3) is 0.263. The molecule has 0 aliphatic heterocycles. The number of hydrogen-bond acceptors (Lipinski definition) is 7. The van der Waals surface area contributed by atoms with E-state index in [2.05, 4.69) is 5.32 Å². The molecule has 0 saturated carbocycles. The van der Waals surface area contributed by atoms with E-state index in [9.17, 15) is 19.7 Å². The first kappa shape index (κ1) is 22.0. The molecule has 0 radical (unpaired) electrons. The van der Waals surface area contributed by atoms with E-state index in [0.717, 1.165) is 17.9 Å². The number of amides is 1. The first-order chi connectivity index (χ1) is 13.9. The van der Waals surface area contributed by atoms with Crippen molar-refractivity contribution in [3.05, 3.63) is 63.2 Å². The van der Waals surface area contributed by atoms with Crippen LogP contribution in [0.15, 0.2) is 42.5 Å². The van der Waals surface area contributed by atoms with E-state index in [0.29, 0.717) is 12.4 Å². The number of halogens is 1. The number of nitro groups is 1. The lowest BCUT2D eigenvalue weighted by atomic mass is 10.2. The van der Waals surface area contributed by atoms with Gasteiger partial charge in [-0.2, -0.15) is 0 Å². The smallest absolute Gasteiger partial charge is 0.340 e. The Labute approximate surface area is 171 Å². The SMILES string of the molecule is CCOc1ccc(OCCNC(=O)COC(=O)c2ccc([N+](=O)[O-])cc2Cl)cc1. The molecule has 0 aliphatic carbocycles. The predicted octanol–water partition coefficient (Wildman–Crippen LogP) is 3.00. The van der Waals surface area contributed by atoms with Crippen LogP contribution in [0.1, 0.15) is 17.3 Å². The summed E-state index contributed by atoms with van der Waals surface area (Å²) in [7, 11) is 0. The van der Waals surface area contributed by atoms with Crippen molar-refractivity contribution in [1.82, 2.24) is 5.32 Å². The molecular weight excluding hydrogens is 404 g/mol. The van der Waals surface area contributed by atoms with E-state index in [1.807, 2.05) is 6.92 Å². The van der Waals surface area contributed by atoms with Crippen molar-refractivity contribution in [2.45, 2.75) is 6.92 Å². The summed E-state index contributed by atoms with van der Waals surface area (Å²) in [5, 5.41) is 13.1. The van der Waals surface area contributed by atoms with Gasteiger partial charge in [0.2, 0.25) is 0 Å². The molecule has 0 saturated heterocycles. The zero-order valence-corrected chi connectivity index (χ0v) is 16.3. The molecule has 0 aromatic heterocycles. The standard InChI is InChI=1S/C19H19ClN2O7/c1-2-27-14-4-6-15(7-5-14)28-10-9-21-18(23)12-29-19(24)16-8-3-13(22(25)26)11-17(16)20/h3-8,11H,2,9-10,12H2,1H3,(H,21,23). The van der Waals surface area contributed by atoms with Crippen molar-refractivity contribution < 1.29 is 28.7 Å². The molecule has 2 aromatic carbocycles. The quantitative estimate of drug-likeness (QED) is 0.270.